The minimum Gasteiger partial charge on any atom is -0.318 e. The minimum atomic E-state index is -0.583. The van der Waals surface area contributed by atoms with E-state index < -0.39 is 11.2 Å². The molecular weight excluding hydrogens is 300 g/mol. The van der Waals surface area contributed by atoms with Crippen LogP contribution in [-0.2, 0) is 0 Å². The summed E-state index contributed by atoms with van der Waals surface area (Å²) in [7, 11) is 0. The maximum Gasteiger partial charge on any atom is 0.182 e. The minimum absolute atomic E-state index is 0.0496. The fourth-order valence-electron chi connectivity index (χ4n) is 2.25. The number of halogens is 3. The van der Waals surface area contributed by atoms with E-state index in [2.05, 4.69) is 0 Å². The number of benzene rings is 1. The summed E-state index contributed by atoms with van der Waals surface area (Å²) >= 11 is 11.7. The molecule has 20 heavy (non-hydrogen) atoms. The monoisotopic (exact) mass is 313 g/mol. The van der Waals surface area contributed by atoms with Crippen LogP contribution in [0, 0.1) is 19.7 Å². The second kappa shape index (κ2) is 5.58. The van der Waals surface area contributed by atoms with Crippen LogP contribution in [0.15, 0.2) is 24.3 Å². The van der Waals surface area contributed by atoms with Gasteiger partial charge in [-0.3, -0.25) is 4.79 Å². The molecule has 2 rings (SSSR count). The molecule has 0 saturated heterocycles. The first-order valence-electron chi connectivity index (χ1n) is 6.15. The van der Waals surface area contributed by atoms with E-state index >= 15 is 0 Å². The number of carbonyl (C=O) groups excluding carboxylic acids is 1. The van der Waals surface area contributed by atoms with Crippen molar-refractivity contribution < 1.29 is 9.18 Å². The molecule has 0 spiro atoms. The van der Waals surface area contributed by atoms with Gasteiger partial charge in [0, 0.05) is 22.6 Å². The van der Waals surface area contributed by atoms with Crippen molar-refractivity contribution in [2.24, 2.45) is 0 Å². The quantitative estimate of drug-likeness (QED) is 0.595. The van der Waals surface area contributed by atoms with Crippen LogP contribution in [0.1, 0.15) is 28.7 Å². The SMILES string of the molecule is Cc1cc(C(=O)C(C)Cl)c(C)n1-c1ccc(F)c(Cl)c1. The largest absolute Gasteiger partial charge is 0.318 e. The fourth-order valence-corrected chi connectivity index (χ4v) is 2.54. The number of carbonyl (C=O) groups is 1. The molecule has 1 aromatic heterocycles. The molecule has 0 fully saturated rings. The second-order valence-corrected chi connectivity index (χ2v) is 5.76. The third-order valence-corrected chi connectivity index (χ3v) is 3.71. The van der Waals surface area contributed by atoms with Crippen molar-refractivity contribution in [3.63, 3.8) is 0 Å². The van der Waals surface area contributed by atoms with Gasteiger partial charge >= 0.3 is 0 Å². The first kappa shape index (κ1) is 15.1. The number of aryl methyl sites for hydroxylation is 1. The van der Waals surface area contributed by atoms with Crippen molar-refractivity contribution in [1.82, 2.24) is 4.57 Å². The molecule has 0 bridgehead atoms. The maximum absolute atomic E-state index is 13.2. The summed E-state index contributed by atoms with van der Waals surface area (Å²) in [6, 6.07) is 6.25. The summed E-state index contributed by atoms with van der Waals surface area (Å²) in [6.45, 7) is 5.35. The van der Waals surface area contributed by atoms with Gasteiger partial charge in [0.2, 0.25) is 0 Å². The van der Waals surface area contributed by atoms with Crippen molar-refractivity contribution in [3.8, 4) is 5.69 Å². The third-order valence-electron chi connectivity index (χ3n) is 3.22. The van der Waals surface area contributed by atoms with Gasteiger partial charge in [0.25, 0.3) is 0 Å². The predicted molar refractivity (Wildman–Crippen MR) is 79.9 cm³/mol. The zero-order valence-electron chi connectivity index (χ0n) is 11.4. The summed E-state index contributed by atoms with van der Waals surface area (Å²) in [5, 5.41) is -0.533. The molecule has 1 heterocycles. The summed E-state index contributed by atoms with van der Waals surface area (Å²) in [5.74, 6) is -0.595. The topological polar surface area (TPSA) is 22.0 Å². The molecule has 2 nitrogen and oxygen atoms in total. The summed E-state index contributed by atoms with van der Waals surface area (Å²) in [4.78, 5) is 12.1. The lowest BCUT2D eigenvalue weighted by Crippen LogP contribution is -2.11. The normalized spacial score (nSPS) is 12.5. The Labute approximate surface area is 127 Å². The molecule has 1 unspecified atom stereocenters. The summed E-state index contributed by atoms with van der Waals surface area (Å²) in [6.07, 6.45) is 0. The van der Waals surface area contributed by atoms with Gasteiger partial charge < -0.3 is 4.57 Å². The number of Topliss-reactive ketones (excluding diaryl/α,β-unsaturated/α-hetero) is 1. The van der Waals surface area contributed by atoms with Gasteiger partial charge in [0.1, 0.15) is 5.82 Å². The molecule has 0 saturated carbocycles. The van der Waals surface area contributed by atoms with E-state index in [1.807, 2.05) is 18.4 Å². The van der Waals surface area contributed by atoms with Gasteiger partial charge in [0.05, 0.1) is 10.4 Å². The highest BCUT2D eigenvalue weighted by Gasteiger charge is 2.20. The highest BCUT2D eigenvalue weighted by Crippen LogP contribution is 2.25. The molecule has 106 valence electrons. The van der Waals surface area contributed by atoms with E-state index in [1.54, 1.807) is 19.1 Å². The average Bonchev–Trinajstić information content (AvgIpc) is 2.67. The predicted octanol–water partition coefficient (Wildman–Crippen LogP) is 4.70. The highest BCUT2D eigenvalue weighted by molar-refractivity contribution is 6.33. The van der Waals surface area contributed by atoms with Crippen molar-refractivity contribution in [2.45, 2.75) is 26.1 Å². The van der Waals surface area contributed by atoms with Gasteiger partial charge in [-0.2, -0.15) is 0 Å². The van der Waals surface area contributed by atoms with Crippen LogP contribution >= 0.6 is 23.2 Å². The number of alkyl halides is 1. The Hall–Kier alpha value is -1.32. The van der Waals surface area contributed by atoms with E-state index in [4.69, 9.17) is 23.2 Å². The van der Waals surface area contributed by atoms with Gasteiger partial charge in [-0.05, 0) is 45.0 Å². The van der Waals surface area contributed by atoms with Crippen molar-refractivity contribution in [3.05, 3.63) is 52.1 Å². The lowest BCUT2D eigenvalue weighted by Gasteiger charge is -2.11. The third kappa shape index (κ3) is 2.60. The van der Waals surface area contributed by atoms with Crippen LogP contribution in [0.5, 0.6) is 0 Å². The number of ketones is 1. The molecule has 0 radical (unpaired) electrons. The standard InChI is InChI=1S/C15H14Cl2FNO/c1-8-6-12(15(20)9(2)16)10(3)19(8)11-4-5-14(18)13(17)7-11/h4-7,9H,1-3H3. The zero-order chi connectivity index (χ0) is 15.0. The van der Waals surface area contributed by atoms with Crippen LogP contribution in [0.25, 0.3) is 5.69 Å². The molecular formula is C15H14Cl2FNO. The molecule has 5 heteroatoms. The first-order valence-corrected chi connectivity index (χ1v) is 6.97. The Morgan fingerprint density at radius 2 is 1.95 bits per heavy atom. The number of hydrogen-bond donors (Lipinski definition) is 0. The van der Waals surface area contributed by atoms with E-state index in [0.717, 1.165) is 11.4 Å². The van der Waals surface area contributed by atoms with Crippen LogP contribution in [0.3, 0.4) is 0 Å². The van der Waals surface area contributed by atoms with Crippen LogP contribution in [-0.4, -0.2) is 15.7 Å². The van der Waals surface area contributed by atoms with Crippen LogP contribution in [0.4, 0.5) is 4.39 Å². The van der Waals surface area contributed by atoms with Crippen LogP contribution < -0.4 is 0 Å². The highest BCUT2D eigenvalue weighted by atomic mass is 35.5. The number of hydrogen-bond acceptors (Lipinski definition) is 1. The zero-order valence-corrected chi connectivity index (χ0v) is 12.9. The lowest BCUT2D eigenvalue weighted by molar-refractivity contribution is 0.0991. The van der Waals surface area contributed by atoms with E-state index in [1.165, 1.54) is 12.1 Å². The Morgan fingerprint density at radius 3 is 2.50 bits per heavy atom. The first-order chi connectivity index (χ1) is 9.32. The number of aromatic nitrogens is 1. The van der Waals surface area contributed by atoms with Crippen LogP contribution in [0.2, 0.25) is 5.02 Å². The van der Waals surface area contributed by atoms with Crippen molar-refractivity contribution >= 4 is 29.0 Å². The Balaban J connectivity index is 2.58. The Bertz CT molecular complexity index is 677. The second-order valence-electron chi connectivity index (χ2n) is 4.70. The van der Waals surface area contributed by atoms with Crippen molar-refractivity contribution in [2.75, 3.05) is 0 Å². The molecule has 0 amide bonds. The Morgan fingerprint density at radius 1 is 1.30 bits per heavy atom. The lowest BCUT2D eigenvalue weighted by atomic mass is 10.1. The average molecular weight is 314 g/mol. The summed E-state index contributed by atoms with van der Waals surface area (Å²) < 4.78 is 15.1. The fraction of sp³-hybridized carbons (Fsp3) is 0.267. The molecule has 0 aliphatic rings. The molecule has 0 N–H and O–H groups in total. The Kier molecular flexibility index (Phi) is 4.21. The number of nitrogens with zero attached hydrogens (tertiary/aromatic N) is 1. The molecule has 1 aromatic carbocycles. The van der Waals surface area contributed by atoms with Gasteiger partial charge in [-0.25, -0.2) is 4.39 Å². The summed E-state index contributed by atoms with van der Waals surface area (Å²) in [5.41, 5.74) is 2.92. The number of rotatable bonds is 3. The van der Waals surface area contributed by atoms with Crippen molar-refractivity contribution in [1.29, 1.82) is 0 Å². The van der Waals surface area contributed by atoms with E-state index in [-0.39, 0.29) is 10.8 Å². The van der Waals surface area contributed by atoms with Gasteiger partial charge in [-0.1, -0.05) is 11.6 Å². The maximum atomic E-state index is 13.2. The smallest absolute Gasteiger partial charge is 0.182 e. The van der Waals surface area contributed by atoms with Gasteiger partial charge in [0.15, 0.2) is 5.78 Å². The van der Waals surface area contributed by atoms with Gasteiger partial charge in [-0.15, -0.1) is 11.6 Å². The van der Waals surface area contributed by atoms with E-state index in [9.17, 15) is 9.18 Å². The van der Waals surface area contributed by atoms with E-state index in [0.29, 0.717) is 11.3 Å². The molecule has 1 atom stereocenters. The molecule has 2 aromatic rings. The molecule has 0 aliphatic carbocycles. The molecule has 0 aliphatic heterocycles.